The van der Waals surface area contributed by atoms with Crippen molar-refractivity contribution in [1.29, 1.82) is 0 Å². The van der Waals surface area contributed by atoms with Gasteiger partial charge in [0.2, 0.25) is 0 Å². The van der Waals surface area contributed by atoms with Crippen molar-refractivity contribution in [3.8, 4) is 11.4 Å². The van der Waals surface area contributed by atoms with E-state index in [1.54, 1.807) is 12.5 Å². The molecule has 0 atom stereocenters. The molecule has 3 rings (SSSR count). The van der Waals surface area contributed by atoms with Gasteiger partial charge in [-0.15, -0.1) is 0 Å². The lowest BCUT2D eigenvalue weighted by Crippen LogP contribution is -1.96. The van der Waals surface area contributed by atoms with Crippen molar-refractivity contribution < 1.29 is 0 Å². The highest BCUT2D eigenvalue weighted by atomic mass is 15.1. The average molecular weight is 227 g/mol. The van der Waals surface area contributed by atoms with Crippen molar-refractivity contribution in [3.05, 3.63) is 36.4 Å². The van der Waals surface area contributed by atoms with Crippen LogP contribution in [0.3, 0.4) is 0 Å². The van der Waals surface area contributed by atoms with Gasteiger partial charge in [0.25, 0.3) is 0 Å². The summed E-state index contributed by atoms with van der Waals surface area (Å²) in [6.45, 7) is 2.04. The standard InChI is InChI=1S/C12H13N5/c1-8-3-4-17-10(5-8)15-11(12(17)13)9-6-14-7-16(9)2/h3-7H,13H2,1-2H3. The topological polar surface area (TPSA) is 61.1 Å². The number of fused-ring (bicyclic) bond motifs is 1. The highest BCUT2D eigenvalue weighted by molar-refractivity contribution is 5.72. The van der Waals surface area contributed by atoms with Crippen LogP contribution in [0.1, 0.15) is 5.56 Å². The van der Waals surface area contributed by atoms with Gasteiger partial charge in [-0.2, -0.15) is 0 Å². The van der Waals surface area contributed by atoms with E-state index in [1.165, 1.54) is 5.56 Å². The summed E-state index contributed by atoms with van der Waals surface area (Å²) in [6, 6.07) is 4.02. The fourth-order valence-corrected chi connectivity index (χ4v) is 1.94. The second-order valence-electron chi connectivity index (χ2n) is 4.17. The Bertz CT molecular complexity index is 692. The molecule has 86 valence electrons. The summed E-state index contributed by atoms with van der Waals surface area (Å²) < 4.78 is 3.79. The van der Waals surface area contributed by atoms with E-state index in [2.05, 4.69) is 9.97 Å². The average Bonchev–Trinajstić information content (AvgIpc) is 2.83. The third-order valence-electron chi connectivity index (χ3n) is 2.88. The molecule has 0 aliphatic rings. The molecule has 0 aromatic carbocycles. The Hall–Kier alpha value is -2.30. The van der Waals surface area contributed by atoms with Gasteiger partial charge in [0, 0.05) is 13.2 Å². The Morgan fingerprint density at radius 1 is 1.35 bits per heavy atom. The van der Waals surface area contributed by atoms with Crippen LogP contribution in [0.4, 0.5) is 5.82 Å². The van der Waals surface area contributed by atoms with Crippen LogP contribution in [-0.2, 0) is 7.05 Å². The SMILES string of the molecule is Cc1ccn2c(N)c(-c3cncn3C)nc2c1. The first-order valence-corrected chi connectivity index (χ1v) is 5.37. The van der Waals surface area contributed by atoms with Crippen LogP contribution in [0.15, 0.2) is 30.9 Å². The molecule has 0 spiro atoms. The molecule has 0 fully saturated rings. The van der Waals surface area contributed by atoms with Gasteiger partial charge in [-0.25, -0.2) is 9.97 Å². The lowest BCUT2D eigenvalue weighted by Gasteiger charge is -1.99. The largest absolute Gasteiger partial charge is 0.383 e. The van der Waals surface area contributed by atoms with E-state index in [9.17, 15) is 0 Å². The zero-order chi connectivity index (χ0) is 12.0. The Morgan fingerprint density at radius 2 is 2.18 bits per heavy atom. The zero-order valence-corrected chi connectivity index (χ0v) is 9.75. The van der Waals surface area contributed by atoms with Crippen LogP contribution in [0.2, 0.25) is 0 Å². The maximum Gasteiger partial charge on any atom is 0.139 e. The quantitative estimate of drug-likeness (QED) is 0.687. The van der Waals surface area contributed by atoms with Gasteiger partial charge in [0.15, 0.2) is 0 Å². The molecule has 0 radical (unpaired) electrons. The second kappa shape index (κ2) is 3.35. The fourth-order valence-electron chi connectivity index (χ4n) is 1.94. The summed E-state index contributed by atoms with van der Waals surface area (Å²) in [6.07, 6.45) is 5.45. The molecular weight excluding hydrogens is 214 g/mol. The van der Waals surface area contributed by atoms with E-state index in [1.807, 2.05) is 41.3 Å². The van der Waals surface area contributed by atoms with Crippen LogP contribution in [-0.4, -0.2) is 18.9 Å². The highest BCUT2D eigenvalue weighted by Crippen LogP contribution is 2.25. The summed E-state index contributed by atoms with van der Waals surface area (Å²) in [5.74, 6) is 0.642. The van der Waals surface area contributed by atoms with E-state index >= 15 is 0 Å². The monoisotopic (exact) mass is 227 g/mol. The van der Waals surface area contributed by atoms with Gasteiger partial charge >= 0.3 is 0 Å². The summed E-state index contributed by atoms with van der Waals surface area (Å²) in [7, 11) is 1.93. The number of rotatable bonds is 1. The Labute approximate surface area is 98.5 Å². The summed E-state index contributed by atoms with van der Waals surface area (Å²) in [5.41, 5.74) is 9.83. The number of hydrogen-bond donors (Lipinski definition) is 1. The predicted molar refractivity (Wildman–Crippen MR) is 66.5 cm³/mol. The molecule has 0 amide bonds. The molecule has 0 saturated heterocycles. The van der Waals surface area contributed by atoms with Crippen molar-refractivity contribution in [1.82, 2.24) is 18.9 Å². The number of imidazole rings is 2. The van der Waals surface area contributed by atoms with E-state index in [-0.39, 0.29) is 0 Å². The van der Waals surface area contributed by atoms with Crippen molar-refractivity contribution in [2.24, 2.45) is 7.05 Å². The van der Waals surface area contributed by atoms with Crippen molar-refractivity contribution in [3.63, 3.8) is 0 Å². The van der Waals surface area contributed by atoms with Gasteiger partial charge in [0.05, 0.1) is 18.2 Å². The predicted octanol–water partition coefficient (Wildman–Crippen LogP) is 1.63. The van der Waals surface area contributed by atoms with E-state index in [4.69, 9.17) is 5.73 Å². The maximum atomic E-state index is 6.11. The fraction of sp³-hybridized carbons (Fsp3) is 0.167. The number of aromatic nitrogens is 4. The number of hydrogen-bond acceptors (Lipinski definition) is 3. The zero-order valence-electron chi connectivity index (χ0n) is 9.75. The van der Waals surface area contributed by atoms with E-state index in [0.29, 0.717) is 5.82 Å². The minimum absolute atomic E-state index is 0.642. The van der Waals surface area contributed by atoms with Crippen LogP contribution in [0, 0.1) is 6.92 Å². The maximum absolute atomic E-state index is 6.11. The van der Waals surface area contributed by atoms with Crippen LogP contribution < -0.4 is 5.73 Å². The van der Waals surface area contributed by atoms with Gasteiger partial charge in [0.1, 0.15) is 17.2 Å². The first-order valence-electron chi connectivity index (χ1n) is 5.37. The molecule has 5 nitrogen and oxygen atoms in total. The number of nitrogens with zero attached hydrogens (tertiary/aromatic N) is 4. The van der Waals surface area contributed by atoms with Gasteiger partial charge < -0.3 is 10.3 Å². The Kier molecular flexibility index (Phi) is 1.95. The normalized spacial score (nSPS) is 11.2. The second-order valence-corrected chi connectivity index (χ2v) is 4.17. The molecule has 0 bridgehead atoms. The van der Waals surface area contributed by atoms with Gasteiger partial charge in [-0.3, -0.25) is 4.40 Å². The van der Waals surface area contributed by atoms with Crippen molar-refractivity contribution >= 4 is 11.5 Å². The number of pyridine rings is 1. The number of nitrogen functional groups attached to an aromatic ring is 1. The lowest BCUT2D eigenvalue weighted by atomic mass is 10.3. The molecule has 17 heavy (non-hydrogen) atoms. The third-order valence-corrected chi connectivity index (χ3v) is 2.88. The first kappa shape index (κ1) is 9.89. The molecule has 5 heteroatoms. The Balaban J connectivity index is 2.31. The molecular formula is C12H13N5. The van der Waals surface area contributed by atoms with Gasteiger partial charge in [-0.05, 0) is 24.6 Å². The molecule has 0 aliphatic heterocycles. The number of nitrogens with two attached hydrogens (primary N) is 1. The summed E-state index contributed by atoms with van der Waals surface area (Å²) in [5, 5.41) is 0. The van der Waals surface area contributed by atoms with Gasteiger partial charge in [-0.1, -0.05) is 0 Å². The van der Waals surface area contributed by atoms with Crippen LogP contribution in [0.5, 0.6) is 0 Å². The molecule has 0 aliphatic carbocycles. The number of anilines is 1. The van der Waals surface area contributed by atoms with Crippen molar-refractivity contribution in [2.75, 3.05) is 5.73 Å². The molecule has 3 aromatic rings. The van der Waals surface area contributed by atoms with Crippen LogP contribution in [0.25, 0.3) is 17.0 Å². The summed E-state index contributed by atoms with van der Waals surface area (Å²) in [4.78, 5) is 8.64. The molecule has 2 N–H and O–H groups in total. The minimum atomic E-state index is 0.642. The third kappa shape index (κ3) is 1.39. The summed E-state index contributed by atoms with van der Waals surface area (Å²) >= 11 is 0. The smallest absolute Gasteiger partial charge is 0.139 e. The Morgan fingerprint density at radius 3 is 2.88 bits per heavy atom. The highest BCUT2D eigenvalue weighted by Gasteiger charge is 2.13. The molecule has 3 aromatic heterocycles. The first-order chi connectivity index (χ1) is 8.16. The van der Waals surface area contributed by atoms with Crippen LogP contribution >= 0.6 is 0 Å². The van der Waals surface area contributed by atoms with E-state index < -0.39 is 0 Å². The van der Waals surface area contributed by atoms with Crippen molar-refractivity contribution in [2.45, 2.75) is 6.92 Å². The van der Waals surface area contributed by atoms with E-state index in [0.717, 1.165) is 17.0 Å². The molecule has 3 heterocycles. The number of aryl methyl sites for hydroxylation is 2. The minimum Gasteiger partial charge on any atom is -0.383 e. The lowest BCUT2D eigenvalue weighted by molar-refractivity contribution is 0.918. The molecule has 0 saturated carbocycles. The molecule has 0 unspecified atom stereocenters.